The number of hydrogen-bond donors (Lipinski definition) is 1. The molecule has 1 heterocycles. The van der Waals surface area contributed by atoms with Gasteiger partial charge in [-0.05, 0) is 35.9 Å². The van der Waals surface area contributed by atoms with Crippen LogP contribution >= 0.6 is 11.3 Å². The Hall–Kier alpha value is -0.340. The van der Waals surface area contributed by atoms with Crippen molar-refractivity contribution in [3.8, 4) is 0 Å². The summed E-state index contributed by atoms with van der Waals surface area (Å²) in [6.07, 6.45) is 6.68. The first-order valence-electron chi connectivity index (χ1n) is 5.57. The van der Waals surface area contributed by atoms with Gasteiger partial charge in [0.05, 0.1) is 0 Å². The van der Waals surface area contributed by atoms with Crippen LogP contribution in [0, 0.1) is 0 Å². The molecule has 0 radical (unpaired) electrons. The highest BCUT2D eigenvalue weighted by atomic mass is 32.1. The summed E-state index contributed by atoms with van der Waals surface area (Å²) in [5.74, 6) is 0. The van der Waals surface area contributed by atoms with Crippen LogP contribution in [0.2, 0.25) is 0 Å². The molecule has 0 spiro atoms. The van der Waals surface area contributed by atoms with E-state index in [1.807, 2.05) is 0 Å². The van der Waals surface area contributed by atoms with Crippen molar-refractivity contribution in [1.29, 1.82) is 0 Å². The first-order chi connectivity index (χ1) is 6.88. The fourth-order valence-corrected chi connectivity index (χ4v) is 2.44. The Morgan fingerprint density at radius 2 is 2.21 bits per heavy atom. The van der Waals surface area contributed by atoms with E-state index in [2.05, 4.69) is 36.1 Å². The molecule has 0 saturated heterocycles. The lowest BCUT2D eigenvalue weighted by Gasteiger charge is -2.14. The van der Waals surface area contributed by atoms with Gasteiger partial charge in [-0.25, -0.2) is 0 Å². The molecule has 1 unspecified atom stereocenters. The van der Waals surface area contributed by atoms with E-state index in [0.29, 0.717) is 6.04 Å². The van der Waals surface area contributed by atoms with E-state index in [9.17, 15) is 0 Å². The lowest BCUT2D eigenvalue weighted by Crippen LogP contribution is -2.15. The van der Waals surface area contributed by atoms with Crippen molar-refractivity contribution in [2.45, 2.75) is 45.1 Å². The molecule has 0 saturated carbocycles. The maximum atomic E-state index is 3.39. The Morgan fingerprint density at radius 1 is 1.36 bits per heavy atom. The summed E-state index contributed by atoms with van der Waals surface area (Å²) < 4.78 is 0. The Balaban J connectivity index is 2.26. The average molecular weight is 211 g/mol. The molecule has 1 atom stereocenters. The molecular weight excluding hydrogens is 190 g/mol. The van der Waals surface area contributed by atoms with E-state index >= 15 is 0 Å². The smallest absolute Gasteiger partial charge is 0.0325 e. The van der Waals surface area contributed by atoms with Crippen molar-refractivity contribution in [2.75, 3.05) is 7.05 Å². The van der Waals surface area contributed by atoms with Gasteiger partial charge in [0, 0.05) is 6.04 Å². The lowest BCUT2D eigenvalue weighted by molar-refractivity contribution is 0.506. The second-order valence-corrected chi connectivity index (χ2v) is 4.53. The highest BCUT2D eigenvalue weighted by Gasteiger charge is 2.08. The Labute approximate surface area is 91.5 Å². The molecule has 80 valence electrons. The van der Waals surface area contributed by atoms with Crippen LogP contribution < -0.4 is 5.32 Å². The summed E-state index contributed by atoms with van der Waals surface area (Å²) in [5.41, 5.74) is 1.45. The minimum absolute atomic E-state index is 0.568. The summed E-state index contributed by atoms with van der Waals surface area (Å²) in [4.78, 5) is 0. The van der Waals surface area contributed by atoms with Gasteiger partial charge in [0.15, 0.2) is 0 Å². The molecule has 0 aliphatic heterocycles. The van der Waals surface area contributed by atoms with E-state index in [4.69, 9.17) is 0 Å². The monoisotopic (exact) mass is 211 g/mol. The normalized spacial score (nSPS) is 13.0. The van der Waals surface area contributed by atoms with Crippen molar-refractivity contribution in [1.82, 2.24) is 5.32 Å². The quantitative estimate of drug-likeness (QED) is 0.673. The van der Waals surface area contributed by atoms with Crippen LogP contribution in [0.15, 0.2) is 16.8 Å². The minimum Gasteiger partial charge on any atom is -0.313 e. The molecule has 1 rings (SSSR count). The molecule has 14 heavy (non-hydrogen) atoms. The van der Waals surface area contributed by atoms with E-state index < -0.39 is 0 Å². The number of thiophene rings is 1. The molecule has 0 aliphatic carbocycles. The van der Waals surface area contributed by atoms with Gasteiger partial charge in [0.25, 0.3) is 0 Å². The van der Waals surface area contributed by atoms with Crippen molar-refractivity contribution in [3.05, 3.63) is 22.4 Å². The Morgan fingerprint density at radius 3 is 2.79 bits per heavy atom. The van der Waals surface area contributed by atoms with E-state index in [-0.39, 0.29) is 0 Å². The van der Waals surface area contributed by atoms with Gasteiger partial charge in [0.1, 0.15) is 0 Å². The van der Waals surface area contributed by atoms with Gasteiger partial charge in [0.2, 0.25) is 0 Å². The topological polar surface area (TPSA) is 12.0 Å². The van der Waals surface area contributed by atoms with Crippen molar-refractivity contribution in [3.63, 3.8) is 0 Å². The van der Waals surface area contributed by atoms with Crippen molar-refractivity contribution >= 4 is 11.3 Å². The third-order valence-electron chi connectivity index (χ3n) is 2.64. The van der Waals surface area contributed by atoms with E-state index in [1.54, 1.807) is 11.3 Å². The second-order valence-electron chi connectivity index (χ2n) is 3.75. The third kappa shape index (κ3) is 3.81. The largest absolute Gasteiger partial charge is 0.313 e. The van der Waals surface area contributed by atoms with Gasteiger partial charge in [-0.15, -0.1) is 0 Å². The summed E-state index contributed by atoms with van der Waals surface area (Å²) in [6, 6.07) is 2.80. The van der Waals surface area contributed by atoms with Crippen molar-refractivity contribution < 1.29 is 0 Å². The number of hydrogen-bond acceptors (Lipinski definition) is 2. The van der Waals surface area contributed by atoms with Crippen LogP contribution in [-0.4, -0.2) is 7.05 Å². The fraction of sp³-hybridized carbons (Fsp3) is 0.667. The highest BCUT2D eigenvalue weighted by Crippen LogP contribution is 2.21. The third-order valence-corrected chi connectivity index (χ3v) is 3.34. The SMILES string of the molecule is CCCCCCC(NC)c1ccsc1. The minimum atomic E-state index is 0.568. The second kappa shape index (κ2) is 7.02. The Bertz CT molecular complexity index is 218. The van der Waals surface area contributed by atoms with Gasteiger partial charge in [-0.2, -0.15) is 11.3 Å². The van der Waals surface area contributed by atoms with Crippen LogP contribution in [0.1, 0.15) is 50.6 Å². The maximum Gasteiger partial charge on any atom is 0.0325 e. The zero-order valence-corrected chi connectivity index (χ0v) is 10.1. The molecule has 1 aromatic rings. The number of nitrogens with one attached hydrogen (secondary N) is 1. The molecular formula is C12H21NS. The molecule has 2 heteroatoms. The summed E-state index contributed by atoms with van der Waals surface area (Å²) in [5, 5.41) is 7.80. The van der Waals surface area contributed by atoms with Crippen molar-refractivity contribution in [2.24, 2.45) is 0 Å². The average Bonchev–Trinajstić information content (AvgIpc) is 2.71. The predicted octanol–water partition coefficient (Wildman–Crippen LogP) is 3.98. The van der Waals surface area contributed by atoms with E-state index in [1.165, 1.54) is 37.7 Å². The van der Waals surface area contributed by atoms with Crippen LogP contribution in [0.25, 0.3) is 0 Å². The molecule has 1 nitrogen and oxygen atoms in total. The molecule has 0 aromatic carbocycles. The van der Waals surface area contributed by atoms with Gasteiger partial charge in [-0.1, -0.05) is 32.6 Å². The van der Waals surface area contributed by atoms with Crippen LogP contribution in [-0.2, 0) is 0 Å². The van der Waals surface area contributed by atoms with Gasteiger partial charge in [-0.3, -0.25) is 0 Å². The molecule has 0 fully saturated rings. The Kier molecular flexibility index (Phi) is 5.88. The fourth-order valence-electron chi connectivity index (χ4n) is 1.73. The van der Waals surface area contributed by atoms with Gasteiger partial charge >= 0.3 is 0 Å². The molecule has 0 aliphatic rings. The predicted molar refractivity (Wildman–Crippen MR) is 64.9 cm³/mol. The summed E-state index contributed by atoms with van der Waals surface area (Å²) in [6.45, 7) is 2.26. The summed E-state index contributed by atoms with van der Waals surface area (Å²) in [7, 11) is 2.06. The lowest BCUT2D eigenvalue weighted by atomic mass is 10.0. The maximum absolute atomic E-state index is 3.39. The van der Waals surface area contributed by atoms with E-state index in [0.717, 1.165) is 0 Å². The molecule has 1 N–H and O–H groups in total. The summed E-state index contributed by atoms with van der Waals surface area (Å²) >= 11 is 1.79. The van der Waals surface area contributed by atoms with Crippen LogP contribution in [0.5, 0.6) is 0 Å². The zero-order valence-electron chi connectivity index (χ0n) is 9.25. The highest BCUT2D eigenvalue weighted by molar-refractivity contribution is 7.07. The molecule has 0 amide bonds. The number of rotatable bonds is 7. The zero-order chi connectivity index (χ0) is 10.2. The van der Waals surface area contributed by atoms with Gasteiger partial charge < -0.3 is 5.32 Å². The molecule has 0 bridgehead atoms. The van der Waals surface area contributed by atoms with Crippen LogP contribution in [0.3, 0.4) is 0 Å². The standard InChI is InChI=1S/C12H21NS/c1-3-4-5-6-7-12(13-2)11-8-9-14-10-11/h8-10,12-13H,3-7H2,1-2H3. The number of unbranched alkanes of at least 4 members (excludes halogenated alkanes) is 3. The van der Waals surface area contributed by atoms with Crippen LogP contribution in [0.4, 0.5) is 0 Å². The first kappa shape index (κ1) is 11.7. The molecule has 1 aromatic heterocycles. The first-order valence-corrected chi connectivity index (χ1v) is 6.52.